The summed E-state index contributed by atoms with van der Waals surface area (Å²) in [4.78, 5) is 31.6. The summed E-state index contributed by atoms with van der Waals surface area (Å²) in [5.41, 5.74) is 1.61. The minimum Gasteiger partial charge on any atom is -0.507 e. The first kappa shape index (κ1) is 23.5. The van der Waals surface area contributed by atoms with Crippen LogP contribution >= 0.6 is 0 Å². The molecule has 7 heteroatoms. The number of likely N-dealkylation sites (tertiary alicyclic amines) is 1. The molecule has 32 heavy (non-hydrogen) atoms. The minimum absolute atomic E-state index is 0.0221. The Morgan fingerprint density at radius 2 is 1.94 bits per heavy atom. The van der Waals surface area contributed by atoms with Crippen molar-refractivity contribution in [3.05, 3.63) is 65.0 Å². The molecular weight excluding hydrogens is 408 g/mol. The minimum atomic E-state index is -0.795. The van der Waals surface area contributed by atoms with Gasteiger partial charge in [-0.25, -0.2) is 0 Å². The number of hydrogen-bond acceptors (Lipinski definition) is 6. The van der Waals surface area contributed by atoms with Crippen LogP contribution in [0, 0.1) is 0 Å². The Hall–Kier alpha value is -3.19. The number of methoxy groups -OCH3 is 1. The van der Waals surface area contributed by atoms with Gasteiger partial charge in [0.05, 0.1) is 24.5 Å². The molecule has 1 aliphatic rings. The van der Waals surface area contributed by atoms with E-state index >= 15 is 0 Å². The summed E-state index contributed by atoms with van der Waals surface area (Å²) in [7, 11) is 1.53. The number of carbonyl (C=O) groups excluding carboxylic acids is 2. The van der Waals surface area contributed by atoms with E-state index in [2.05, 4.69) is 4.98 Å². The molecule has 1 fully saturated rings. The van der Waals surface area contributed by atoms with Crippen molar-refractivity contribution >= 4 is 17.4 Å². The average Bonchev–Trinajstić information content (AvgIpc) is 3.02. The first-order valence-electron chi connectivity index (χ1n) is 10.7. The Labute approximate surface area is 188 Å². The second-order valence-electron chi connectivity index (χ2n) is 8.63. The van der Waals surface area contributed by atoms with Gasteiger partial charge in [0.2, 0.25) is 0 Å². The third kappa shape index (κ3) is 4.53. The number of hydrogen-bond donors (Lipinski definition) is 1. The largest absolute Gasteiger partial charge is 0.507 e. The number of rotatable bonds is 7. The summed E-state index contributed by atoms with van der Waals surface area (Å²) in [6, 6.07) is 9.79. The summed E-state index contributed by atoms with van der Waals surface area (Å²) in [5.74, 6) is -0.924. The number of ketones is 1. The molecule has 2 aromatic rings. The van der Waals surface area contributed by atoms with Crippen LogP contribution in [0.1, 0.15) is 50.6 Å². The second-order valence-corrected chi connectivity index (χ2v) is 8.63. The monoisotopic (exact) mass is 438 g/mol. The molecule has 1 aromatic heterocycles. The van der Waals surface area contributed by atoms with E-state index in [0.717, 1.165) is 11.3 Å². The Bertz CT molecular complexity index is 1020. The Balaban J connectivity index is 2.18. The van der Waals surface area contributed by atoms with Gasteiger partial charge in [-0.2, -0.15) is 0 Å². The lowest BCUT2D eigenvalue weighted by Gasteiger charge is -2.25. The van der Waals surface area contributed by atoms with Crippen LogP contribution < -0.4 is 4.74 Å². The smallest absolute Gasteiger partial charge is 0.295 e. The van der Waals surface area contributed by atoms with E-state index < -0.39 is 17.7 Å². The SMILES string of the molecule is CCOc1ccc(/C(O)=C2/C(=O)C(=O)N(CCOC)C2c2ccccn2)cc1C(C)(C)C. The molecule has 0 bridgehead atoms. The van der Waals surface area contributed by atoms with Crippen LogP contribution in [0.2, 0.25) is 0 Å². The van der Waals surface area contributed by atoms with Crippen molar-refractivity contribution < 1.29 is 24.2 Å². The van der Waals surface area contributed by atoms with Crippen molar-refractivity contribution in [1.29, 1.82) is 0 Å². The second kappa shape index (κ2) is 9.53. The molecular formula is C25H30N2O5. The molecule has 1 amide bonds. The van der Waals surface area contributed by atoms with Gasteiger partial charge in [-0.3, -0.25) is 14.6 Å². The zero-order valence-electron chi connectivity index (χ0n) is 19.2. The van der Waals surface area contributed by atoms with Crippen LogP contribution in [-0.2, 0) is 19.7 Å². The van der Waals surface area contributed by atoms with Crippen LogP contribution in [0.25, 0.3) is 5.76 Å². The zero-order chi connectivity index (χ0) is 23.5. The van der Waals surface area contributed by atoms with E-state index in [1.165, 1.54) is 12.0 Å². The molecule has 0 aliphatic carbocycles. The fraction of sp³-hybridized carbons (Fsp3) is 0.400. The van der Waals surface area contributed by atoms with Crippen molar-refractivity contribution in [2.24, 2.45) is 0 Å². The molecule has 1 saturated heterocycles. The first-order chi connectivity index (χ1) is 15.2. The van der Waals surface area contributed by atoms with E-state index in [0.29, 0.717) is 17.9 Å². The van der Waals surface area contributed by atoms with E-state index in [1.54, 1.807) is 36.5 Å². The number of ether oxygens (including phenoxy) is 2. The van der Waals surface area contributed by atoms with E-state index in [-0.39, 0.29) is 29.9 Å². The predicted octanol–water partition coefficient (Wildman–Crippen LogP) is 3.85. The topological polar surface area (TPSA) is 89.0 Å². The van der Waals surface area contributed by atoms with Gasteiger partial charge in [-0.1, -0.05) is 26.8 Å². The molecule has 7 nitrogen and oxygen atoms in total. The van der Waals surface area contributed by atoms with Crippen LogP contribution in [0.5, 0.6) is 5.75 Å². The molecule has 0 spiro atoms. The zero-order valence-corrected chi connectivity index (χ0v) is 19.2. The molecule has 1 unspecified atom stereocenters. The number of Topliss-reactive ketones (excluding diaryl/α,β-unsaturated/α-hetero) is 1. The number of benzene rings is 1. The van der Waals surface area contributed by atoms with Crippen LogP contribution in [0.3, 0.4) is 0 Å². The van der Waals surface area contributed by atoms with Gasteiger partial charge >= 0.3 is 0 Å². The lowest BCUT2D eigenvalue weighted by molar-refractivity contribution is -0.140. The van der Waals surface area contributed by atoms with Crippen molar-refractivity contribution in [3.8, 4) is 5.75 Å². The maximum atomic E-state index is 13.0. The number of aliphatic hydroxyl groups is 1. The molecule has 1 aromatic carbocycles. The van der Waals surface area contributed by atoms with Crippen LogP contribution in [0.4, 0.5) is 0 Å². The highest BCUT2D eigenvalue weighted by Crippen LogP contribution is 2.40. The van der Waals surface area contributed by atoms with Crippen molar-refractivity contribution in [3.63, 3.8) is 0 Å². The average molecular weight is 439 g/mol. The van der Waals surface area contributed by atoms with Crippen molar-refractivity contribution in [2.45, 2.75) is 39.2 Å². The Morgan fingerprint density at radius 3 is 2.53 bits per heavy atom. The summed E-state index contributed by atoms with van der Waals surface area (Å²) >= 11 is 0. The van der Waals surface area contributed by atoms with E-state index in [4.69, 9.17) is 9.47 Å². The molecule has 0 radical (unpaired) electrons. The van der Waals surface area contributed by atoms with Crippen molar-refractivity contribution in [1.82, 2.24) is 9.88 Å². The molecule has 2 heterocycles. The predicted molar refractivity (Wildman–Crippen MR) is 121 cm³/mol. The molecule has 1 N–H and O–H groups in total. The summed E-state index contributed by atoms with van der Waals surface area (Å²) in [5, 5.41) is 11.3. The first-order valence-corrected chi connectivity index (χ1v) is 10.7. The molecule has 0 saturated carbocycles. The fourth-order valence-electron chi connectivity index (χ4n) is 3.85. The van der Waals surface area contributed by atoms with Gasteiger partial charge in [-0.15, -0.1) is 0 Å². The maximum Gasteiger partial charge on any atom is 0.295 e. The number of carbonyl (C=O) groups is 2. The molecule has 3 rings (SSSR count). The number of nitrogens with zero attached hydrogens (tertiary/aromatic N) is 2. The molecule has 1 aliphatic heterocycles. The molecule has 1 atom stereocenters. The Kier molecular flexibility index (Phi) is 6.99. The number of amides is 1. The van der Waals surface area contributed by atoms with Gasteiger partial charge in [-0.05, 0) is 42.7 Å². The van der Waals surface area contributed by atoms with Gasteiger partial charge in [0, 0.05) is 31.0 Å². The normalized spacial score (nSPS) is 18.3. The number of aliphatic hydroxyl groups excluding tert-OH is 1. The summed E-state index contributed by atoms with van der Waals surface area (Å²) in [6.07, 6.45) is 1.60. The third-order valence-electron chi connectivity index (χ3n) is 5.41. The lowest BCUT2D eigenvalue weighted by atomic mass is 9.84. The van der Waals surface area contributed by atoms with Gasteiger partial charge in [0.1, 0.15) is 17.6 Å². The third-order valence-corrected chi connectivity index (χ3v) is 5.41. The Morgan fingerprint density at radius 1 is 1.19 bits per heavy atom. The van der Waals surface area contributed by atoms with Gasteiger partial charge in [0.15, 0.2) is 0 Å². The fourth-order valence-corrected chi connectivity index (χ4v) is 3.85. The van der Waals surface area contributed by atoms with Crippen LogP contribution in [0.15, 0.2) is 48.2 Å². The van der Waals surface area contributed by atoms with Crippen molar-refractivity contribution in [2.75, 3.05) is 26.9 Å². The van der Waals surface area contributed by atoms with E-state index in [9.17, 15) is 14.7 Å². The summed E-state index contributed by atoms with van der Waals surface area (Å²) in [6.45, 7) is 9.03. The quantitative estimate of drug-likeness (QED) is 0.401. The standard InChI is InChI=1S/C25H30N2O5/c1-6-32-19-11-10-16(15-17(19)25(2,3)4)22(28)20-21(18-9-7-8-12-26-18)27(13-14-31-5)24(30)23(20)29/h7-12,15,21,28H,6,13-14H2,1-5H3/b22-20-. The number of pyridine rings is 1. The van der Waals surface area contributed by atoms with Gasteiger partial charge in [0.25, 0.3) is 11.7 Å². The molecule has 170 valence electrons. The van der Waals surface area contributed by atoms with Gasteiger partial charge < -0.3 is 19.5 Å². The van der Waals surface area contributed by atoms with E-state index in [1.807, 2.05) is 33.8 Å². The maximum absolute atomic E-state index is 13.0. The highest BCUT2D eigenvalue weighted by molar-refractivity contribution is 6.46. The van der Waals surface area contributed by atoms with Crippen LogP contribution in [-0.4, -0.2) is 53.5 Å². The highest BCUT2D eigenvalue weighted by Gasteiger charge is 2.46. The summed E-state index contributed by atoms with van der Waals surface area (Å²) < 4.78 is 10.9. The highest BCUT2D eigenvalue weighted by atomic mass is 16.5. The lowest BCUT2D eigenvalue weighted by Crippen LogP contribution is -2.33. The number of aromatic nitrogens is 1.